The number of hydrogen-bond donors (Lipinski definition) is 10. The van der Waals surface area contributed by atoms with Crippen LogP contribution in [0.3, 0.4) is 0 Å². The van der Waals surface area contributed by atoms with Crippen LogP contribution in [0.1, 0.15) is 84.6 Å². The maximum Gasteiger partial charge on any atom is 0.326 e. The summed E-state index contributed by atoms with van der Waals surface area (Å²) in [6.45, 7) is 6.67. The van der Waals surface area contributed by atoms with E-state index in [1.807, 2.05) is 0 Å². The SMILES string of the molecule is CC(C)C[C@H](NC(=O)[C@H](Cc1ccccc1)NC(=O)[C@H](CC(N)=O)NC(=O)[C@@H](NC(=O)CCCC(N)=O)C(C)C)C(=O)NCC(=O)N[C@@H](CCCCN)C(=O)O. The van der Waals surface area contributed by atoms with Gasteiger partial charge in [-0.1, -0.05) is 58.0 Å². The number of hydrogen-bond acceptors (Lipinski definition) is 10. The quantitative estimate of drug-likeness (QED) is 0.0444. The standard InChI is InChI=1S/C37H59N9O10/c1-21(2)17-25(33(51)41-20-31(50)42-24(37(55)56)13-8-9-16-38)43-34(52)26(18-23-11-6-5-7-12-23)44-35(53)27(19-29(40)48)45-36(54)32(22(3)4)46-30(49)15-10-14-28(39)47/h5-7,11-12,21-22,24-27,32H,8-10,13-20,38H2,1-4H3,(H2,39,47)(H2,40,48)(H,41,51)(H,42,50)(H,43,52)(H,44,53)(H,45,54)(H,46,49)(H,55,56)/t24-,25-,26-,27-,32-/m0/s1. The number of unbranched alkanes of at least 4 members (excludes halogenated alkanes) is 1. The molecule has 19 heteroatoms. The van der Waals surface area contributed by atoms with Crippen LogP contribution < -0.4 is 49.1 Å². The number of benzene rings is 1. The van der Waals surface area contributed by atoms with Gasteiger partial charge < -0.3 is 54.2 Å². The van der Waals surface area contributed by atoms with Crippen LogP contribution >= 0.6 is 0 Å². The molecule has 19 nitrogen and oxygen atoms in total. The van der Waals surface area contributed by atoms with Gasteiger partial charge in [0, 0.05) is 19.3 Å². The molecule has 5 atom stereocenters. The summed E-state index contributed by atoms with van der Waals surface area (Å²) in [7, 11) is 0. The number of primary amides is 2. The molecule has 0 saturated carbocycles. The lowest BCUT2D eigenvalue weighted by atomic mass is 10.00. The van der Waals surface area contributed by atoms with Gasteiger partial charge in [0.05, 0.1) is 13.0 Å². The maximum absolute atomic E-state index is 13.9. The Kier molecular flexibility index (Phi) is 22.0. The molecule has 0 aliphatic heterocycles. The van der Waals surface area contributed by atoms with Gasteiger partial charge in [-0.25, -0.2) is 4.79 Å². The van der Waals surface area contributed by atoms with E-state index in [0.717, 1.165) is 0 Å². The molecule has 13 N–H and O–H groups in total. The molecule has 0 saturated heterocycles. The van der Waals surface area contributed by atoms with Crippen LogP contribution in [-0.2, 0) is 49.6 Å². The summed E-state index contributed by atoms with van der Waals surface area (Å²) in [5, 5.41) is 24.5. The molecule has 56 heavy (non-hydrogen) atoms. The number of carbonyl (C=O) groups excluding carboxylic acids is 8. The molecule has 312 valence electrons. The number of aliphatic carboxylic acids is 1. The van der Waals surface area contributed by atoms with Crippen LogP contribution in [0.25, 0.3) is 0 Å². The summed E-state index contributed by atoms with van der Waals surface area (Å²) in [5.74, 6) is -7.98. The predicted molar refractivity (Wildman–Crippen MR) is 205 cm³/mol. The van der Waals surface area contributed by atoms with E-state index in [0.29, 0.717) is 24.9 Å². The topological polar surface area (TPSA) is 324 Å². The van der Waals surface area contributed by atoms with Crippen LogP contribution in [0.5, 0.6) is 0 Å². The minimum Gasteiger partial charge on any atom is -0.480 e. The third-order valence-electron chi connectivity index (χ3n) is 8.39. The third kappa shape index (κ3) is 19.7. The van der Waals surface area contributed by atoms with Crippen LogP contribution in [0, 0.1) is 11.8 Å². The highest BCUT2D eigenvalue weighted by Gasteiger charge is 2.33. The fourth-order valence-corrected chi connectivity index (χ4v) is 5.47. The van der Waals surface area contributed by atoms with Gasteiger partial charge in [0.2, 0.25) is 47.3 Å². The predicted octanol–water partition coefficient (Wildman–Crippen LogP) is -1.78. The zero-order chi connectivity index (χ0) is 42.4. The molecule has 0 aliphatic carbocycles. The first kappa shape index (κ1) is 48.4. The smallest absolute Gasteiger partial charge is 0.326 e. The molecule has 1 aromatic carbocycles. The molecule has 0 radical (unpaired) electrons. The second-order valence-electron chi connectivity index (χ2n) is 14.2. The number of carbonyl (C=O) groups is 9. The van der Waals surface area contributed by atoms with Crippen molar-refractivity contribution in [2.75, 3.05) is 13.1 Å². The number of nitrogens with one attached hydrogen (secondary N) is 6. The van der Waals surface area contributed by atoms with Crippen molar-refractivity contribution in [1.29, 1.82) is 0 Å². The van der Waals surface area contributed by atoms with Crippen molar-refractivity contribution in [2.24, 2.45) is 29.0 Å². The second-order valence-corrected chi connectivity index (χ2v) is 14.2. The van der Waals surface area contributed by atoms with Gasteiger partial charge in [0.25, 0.3) is 0 Å². The number of nitrogens with two attached hydrogens (primary N) is 3. The summed E-state index contributed by atoms with van der Waals surface area (Å²) >= 11 is 0. The first-order chi connectivity index (χ1) is 26.3. The average molecular weight is 790 g/mol. The van der Waals surface area contributed by atoms with Gasteiger partial charge in [-0.2, -0.15) is 0 Å². The second kappa shape index (κ2) is 25.5. The number of carboxylic acid groups (broad SMARTS) is 1. The van der Waals surface area contributed by atoms with Crippen LogP contribution in [0.4, 0.5) is 0 Å². The van der Waals surface area contributed by atoms with Crippen molar-refractivity contribution >= 4 is 53.2 Å². The van der Waals surface area contributed by atoms with E-state index in [-0.39, 0.29) is 44.4 Å². The van der Waals surface area contributed by atoms with Gasteiger partial charge in [0.1, 0.15) is 30.2 Å². The van der Waals surface area contributed by atoms with Gasteiger partial charge in [0.15, 0.2) is 0 Å². The van der Waals surface area contributed by atoms with Crippen molar-refractivity contribution in [2.45, 2.75) is 116 Å². The van der Waals surface area contributed by atoms with Crippen molar-refractivity contribution < 1.29 is 48.3 Å². The Labute approximate surface area is 326 Å². The number of amides is 8. The molecule has 0 heterocycles. The lowest BCUT2D eigenvalue weighted by Crippen LogP contribution is -2.60. The molecule has 1 aromatic rings. The molecule has 0 fully saturated rings. The Morgan fingerprint density at radius 3 is 1.80 bits per heavy atom. The van der Waals surface area contributed by atoms with Gasteiger partial charge >= 0.3 is 5.97 Å². The number of carboxylic acids is 1. The van der Waals surface area contributed by atoms with Crippen molar-refractivity contribution in [3.05, 3.63) is 35.9 Å². The van der Waals surface area contributed by atoms with Crippen LogP contribution in [0.2, 0.25) is 0 Å². The van der Waals surface area contributed by atoms with Crippen molar-refractivity contribution in [1.82, 2.24) is 31.9 Å². The minimum atomic E-state index is -1.57. The molecule has 0 unspecified atom stereocenters. The zero-order valence-electron chi connectivity index (χ0n) is 32.6. The van der Waals surface area contributed by atoms with Crippen LogP contribution in [0.15, 0.2) is 30.3 Å². The van der Waals surface area contributed by atoms with Crippen molar-refractivity contribution in [3.63, 3.8) is 0 Å². The minimum absolute atomic E-state index is 0.0319. The summed E-state index contributed by atoms with van der Waals surface area (Å²) < 4.78 is 0. The molecular formula is C37H59N9O10. The summed E-state index contributed by atoms with van der Waals surface area (Å²) in [6, 6.07) is 2.13. The molecule has 1 rings (SSSR count). The zero-order valence-corrected chi connectivity index (χ0v) is 32.6. The molecule has 0 aromatic heterocycles. The normalized spacial score (nSPS) is 13.6. The first-order valence-corrected chi connectivity index (χ1v) is 18.6. The lowest BCUT2D eigenvalue weighted by molar-refractivity contribution is -0.142. The fourth-order valence-electron chi connectivity index (χ4n) is 5.47. The molecule has 0 spiro atoms. The molecular weight excluding hydrogens is 730 g/mol. The number of rotatable bonds is 27. The van der Waals surface area contributed by atoms with Crippen molar-refractivity contribution in [3.8, 4) is 0 Å². The van der Waals surface area contributed by atoms with E-state index in [9.17, 15) is 48.3 Å². The monoisotopic (exact) mass is 789 g/mol. The highest BCUT2D eigenvalue weighted by Crippen LogP contribution is 2.10. The highest BCUT2D eigenvalue weighted by atomic mass is 16.4. The van der Waals surface area contributed by atoms with E-state index < -0.39 is 102 Å². The lowest BCUT2D eigenvalue weighted by Gasteiger charge is -2.27. The fraction of sp³-hybridized carbons (Fsp3) is 0.595. The molecule has 8 amide bonds. The molecule has 0 bridgehead atoms. The summed E-state index contributed by atoms with van der Waals surface area (Å²) in [5.41, 5.74) is 16.6. The van der Waals surface area contributed by atoms with Crippen LogP contribution in [-0.4, -0.2) is 102 Å². The first-order valence-electron chi connectivity index (χ1n) is 18.6. The van der Waals surface area contributed by atoms with E-state index in [1.165, 1.54) is 0 Å². The Morgan fingerprint density at radius 2 is 1.25 bits per heavy atom. The van der Waals surface area contributed by atoms with Gasteiger partial charge in [-0.05, 0) is 56.0 Å². The highest BCUT2D eigenvalue weighted by molar-refractivity contribution is 5.98. The largest absolute Gasteiger partial charge is 0.480 e. The van der Waals surface area contributed by atoms with Gasteiger partial charge in [-0.15, -0.1) is 0 Å². The third-order valence-corrected chi connectivity index (χ3v) is 8.39. The summed E-state index contributed by atoms with van der Waals surface area (Å²) in [6.07, 6.45) is 0.591. The van der Waals surface area contributed by atoms with E-state index in [1.54, 1.807) is 58.0 Å². The van der Waals surface area contributed by atoms with E-state index >= 15 is 0 Å². The Hall–Kier alpha value is -5.59. The average Bonchev–Trinajstić information content (AvgIpc) is 3.11. The van der Waals surface area contributed by atoms with E-state index in [4.69, 9.17) is 17.2 Å². The Balaban J connectivity index is 3.22. The Morgan fingerprint density at radius 1 is 0.643 bits per heavy atom. The summed E-state index contributed by atoms with van der Waals surface area (Å²) in [4.78, 5) is 114. The van der Waals surface area contributed by atoms with Gasteiger partial charge in [-0.3, -0.25) is 38.4 Å². The maximum atomic E-state index is 13.9. The van der Waals surface area contributed by atoms with E-state index in [2.05, 4.69) is 31.9 Å². The Bertz CT molecular complexity index is 1510. The molecule has 0 aliphatic rings.